The average molecular weight is 470 g/mol. The van der Waals surface area contributed by atoms with Gasteiger partial charge < -0.3 is 10.2 Å². The van der Waals surface area contributed by atoms with Crippen LogP contribution in [-0.2, 0) is 31.4 Å². The third kappa shape index (κ3) is 4.42. The molecule has 0 atom stereocenters. The SMILES string of the molecule is CCc1ccc(NC(=O)CN2C(=O)C(C)(C)c3cc(S(=O)(=O)N4CCCCC4)ccc32)cc1. The molecule has 2 heterocycles. The van der Waals surface area contributed by atoms with E-state index in [1.54, 1.807) is 32.0 Å². The van der Waals surface area contributed by atoms with Crippen molar-refractivity contribution in [3.8, 4) is 0 Å². The van der Waals surface area contributed by atoms with Crippen molar-refractivity contribution in [1.29, 1.82) is 0 Å². The van der Waals surface area contributed by atoms with E-state index in [-0.39, 0.29) is 23.3 Å². The van der Waals surface area contributed by atoms with E-state index in [1.807, 2.05) is 24.3 Å². The molecule has 0 saturated carbocycles. The van der Waals surface area contributed by atoms with Gasteiger partial charge in [0, 0.05) is 24.5 Å². The zero-order valence-electron chi connectivity index (χ0n) is 19.4. The third-order valence-corrected chi connectivity index (χ3v) is 8.51. The van der Waals surface area contributed by atoms with Crippen LogP contribution >= 0.6 is 0 Å². The van der Waals surface area contributed by atoms with Gasteiger partial charge in [-0.15, -0.1) is 0 Å². The molecule has 7 nitrogen and oxygen atoms in total. The molecule has 0 radical (unpaired) electrons. The molecule has 0 aromatic heterocycles. The van der Waals surface area contributed by atoms with Crippen molar-refractivity contribution in [2.24, 2.45) is 0 Å². The summed E-state index contributed by atoms with van der Waals surface area (Å²) in [5.41, 5.74) is 2.14. The van der Waals surface area contributed by atoms with Crippen LogP contribution in [0.1, 0.15) is 51.2 Å². The fourth-order valence-electron chi connectivity index (χ4n) is 4.55. The summed E-state index contributed by atoms with van der Waals surface area (Å²) < 4.78 is 27.8. The van der Waals surface area contributed by atoms with Crippen molar-refractivity contribution in [3.05, 3.63) is 53.6 Å². The number of carbonyl (C=O) groups is 2. The Morgan fingerprint density at radius 1 is 1.03 bits per heavy atom. The van der Waals surface area contributed by atoms with Gasteiger partial charge in [0.25, 0.3) is 0 Å². The summed E-state index contributed by atoms with van der Waals surface area (Å²) in [4.78, 5) is 27.6. The zero-order valence-corrected chi connectivity index (χ0v) is 20.2. The summed E-state index contributed by atoms with van der Waals surface area (Å²) in [5.74, 6) is -0.525. The second-order valence-corrected chi connectivity index (χ2v) is 11.2. The van der Waals surface area contributed by atoms with Gasteiger partial charge in [0.2, 0.25) is 21.8 Å². The molecule has 33 heavy (non-hydrogen) atoms. The van der Waals surface area contributed by atoms with Crippen molar-refractivity contribution < 1.29 is 18.0 Å². The van der Waals surface area contributed by atoms with Crippen LogP contribution in [-0.4, -0.2) is 44.2 Å². The van der Waals surface area contributed by atoms with Crippen LogP contribution in [0, 0.1) is 0 Å². The Kier molecular flexibility index (Phi) is 6.33. The van der Waals surface area contributed by atoms with Crippen molar-refractivity contribution in [1.82, 2.24) is 4.31 Å². The number of nitrogens with one attached hydrogen (secondary N) is 1. The van der Waals surface area contributed by atoms with E-state index in [9.17, 15) is 18.0 Å². The number of hydrogen-bond acceptors (Lipinski definition) is 4. The summed E-state index contributed by atoms with van der Waals surface area (Å²) in [6.07, 6.45) is 3.67. The Bertz CT molecular complexity index is 1170. The highest BCUT2D eigenvalue weighted by molar-refractivity contribution is 7.89. The molecule has 176 valence electrons. The molecule has 1 saturated heterocycles. The van der Waals surface area contributed by atoms with Gasteiger partial charge in [-0.3, -0.25) is 9.59 Å². The maximum Gasteiger partial charge on any atom is 0.244 e. The molecule has 8 heteroatoms. The highest BCUT2D eigenvalue weighted by Gasteiger charge is 2.45. The van der Waals surface area contributed by atoms with Gasteiger partial charge >= 0.3 is 0 Å². The number of amides is 2. The molecule has 2 aliphatic rings. The predicted molar refractivity (Wildman–Crippen MR) is 129 cm³/mol. The van der Waals surface area contributed by atoms with E-state index in [0.29, 0.717) is 30.0 Å². The Morgan fingerprint density at radius 3 is 2.33 bits per heavy atom. The maximum atomic E-state index is 13.2. The first-order valence-corrected chi connectivity index (χ1v) is 12.9. The smallest absolute Gasteiger partial charge is 0.244 e. The van der Waals surface area contributed by atoms with Crippen molar-refractivity contribution in [2.75, 3.05) is 29.9 Å². The van der Waals surface area contributed by atoms with Crippen LogP contribution in [0.5, 0.6) is 0 Å². The van der Waals surface area contributed by atoms with E-state index < -0.39 is 15.4 Å². The minimum atomic E-state index is -3.61. The number of sulfonamides is 1. The molecule has 0 unspecified atom stereocenters. The van der Waals surface area contributed by atoms with Gasteiger partial charge in [-0.25, -0.2) is 8.42 Å². The minimum Gasteiger partial charge on any atom is -0.325 e. The molecule has 1 fully saturated rings. The van der Waals surface area contributed by atoms with Gasteiger partial charge in [-0.2, -0.15) is 4.31 Å². The third-order valence-electron chi connectivity index (χ3n) is 6.61. The Balaban J connectivity index is 1.57. The lowest BCUT2D eigenvalue weighted by Crippen LogP contribution is -2.40. The largest absolute Gasteiger partial charge is 0.325 e. The molecule has 2 aromatic carbocycles. The fraction of sp³-hybridized carbons (Fsp3) is 0.440. The fourth-order valence-corrected chi connectivity index (χ4v) is 6.10. The van der Waals surface area contributed by atoms with Gasteiger partial charge in [0.1, 0.15) is 6.54 Å². The van der Waals surface area contributed by atoms with Crippen LogP contribution in [0.15, 0.2) is 47.4 Å². The Labute approximate surface area is 195 Å². The molecule has 2 aliphatic heterocycles. The zero-order chi connectivity index (χ0) is 23.8. The molecule has 2 aromatic rings. The first kappa shape index (κ1) is 23.4. The highest BCUT2D eigenvalue weighted by Crippen LogP contribution is 2.42. The summed E-state index contributed by atoms with van der Waals surface area (Å²) in [6, 6.07) is 12.4. The van der Waals surface area contributed by atoms with Crippen LogP contribution < -0.4 is 10.2 Å². The van der Waals surface area contributed by atoms with E-state index in [2.05, 4.69) is 12.2 Å². The normalized spacial score (nSPS) is 18.3. The second-order valence-electron chi connectivity index (χ2n) is 9.26. The van der Waals surface area contributed by atoms with Crippen LogP contribution in [0.3, 0.4) is 0 Å². The molecule has 0 bridgehead atoms. The lowest BCUT2D eigenvalue weighted by Gasteiger charge is -2.26. The van der Waals surface area contributed by atoms with E-state index in [0.717, 1.165) is 25.7 Å². The van der Waals surface area contributed by atoms with Crippen molar-refractivity contribution in [3.63, 3.8) is 0 Å². The van der Waals surface area contributed by atoms with Crippen LogP contribution in [0.4, 0.5) is 11.4 Å². The molecule has 0 spiro atoms. The van der Waals surface area contributed by atoms with Gasteiger partial charge in [-0.1, -0.05) is 25.5 Å². The number of anilines is 2. The van der Waals surface area contributed by atoms with Gasteiger partial charge in [0.05, 0.1) is 10.3 Å². The number of nitrogens with zero attached hydrogens (tertiary/aromatic N) is 2. The molecular formula is C25H31N3O4S. The number of hydrogen-bond donors (Lipinski definition) is 1. The van der Waals surface area contributed by atoms with Crippen molar-refractivity contribution >= 4 is 33.2 Å². The van der Waals surface area contributed by atoms with E-state index in [1.165, 1.54) is 14.8 Å². The summed E-state index contributed by atoms with van der Waals surface area (Å²) in [7, 11) is -3.61. The molecule has 4 rings (SSSR count). The molecular weight excluding hydrogens is 438 g/mol. The molecule has 2 amide bonds. The van der Waals surface area contributed by atoms with Gasteiger partial charge in [-0.05, 0) is 74.6 Å². The van der Waals surface area contributed by atoms with E-state index in [4.69, 9.17) is 0 Å². The standard InChI is InChI=1S/C25H31N3O4S/c1-4-18-8-10-19(11-9-18)26-23(29)17-28-22-13-12-20(16-21(22)25(2,3)24(28)30)33(31,32)27-14-6-5-7-15-27/h8-13,16H,4-7,14-15,17H2,1-3H3,(H,26,29). The summed E-state index contributed by atoms with van der Waals surface area (Å²) in [5, 5.41) is 2.84. The lowest BCUT2D eigenvalue weighted by atomic mass is 9.86. The lowest BCUT2D eigenvalue weighted by molar-refractivity contribution is -0.124. The number of piperidine rings is 1. The van der Waals surface area contributed by atoms with Crippen molar-refractivity contribution in [2.45, 2.75) is 56.8 Å². The Morgan fingerprint density at radius 2 is 1.70 bits per heavy atom. The second kappa shape index (κ2) is 8.91. The maximum absolute atomic E-state index is 13.2. The number of benzene rings is 2. The van der Waals surface area contributed by atoms with E-state index >= 15 is 0 Å². The topological polar surface area (TPSA) is 86.8 Å². The summed E-state index contributed by atoms with van der Waals surface area (Å²) >= 11 is 0. The summed E-state index contributed by atoms with van der Waals surface area (Å²) in [6.45, 7) is 6.51. The monoisotopic (exact) mass is 469 g/mol. The minimum absolute atomic E-state index is 0.136. The predicted octanol–water partition coefficient (Wildman–Crippen LogP) is 3.69. The number of fused-ring (bicyclic) bond motifs is 1. The van der Waals surface area contributed by atoms with Crippen LogP contribution in [0.25, 0.3) is 0 Å². The first-order valence-electron chi connectivity index (χ1n) is 11.5. The first-order chi connectivity index (χ1) is 15.6. The molecule has 1 N–H and O–H groups in total. The number of aryl methyl sites for hydroxylation is 1. The number of carbonyl (C=O) groups excluding carboxylic acids is 2. The average Bonchev–Trinajstić information content (AvgIpc) is 3.00. The van der Waals surface area contributed by atoms with Crippen LogP contribution in [0.2, 0.25) is 0 Å². The van der Waals surface area contributed by atoms with Gasteiger partial charge in [0.15, 0.2) is 0 Å². The Hall–Kier alpha value is -2.71. The number of rotatable bonds is 6. The highest BCUT2D eigenvalue weighted by atomic mass is 32.2. The molecule has 0 aliphatic carbocycles. The quantitative estimate of drug-likeness (QED) is 0.699.